The SMILES string of the molecule is Nc1nc2c(ncn2C[C@@]2(CO)C[C@H]2CO)c(=O)[nH]1. The van der Waals surface area contributed by atoms with E-state index in [1.54, 1.807) is 4.57 Å². The van der Waals surface area contributed by atoms with Crippen LogP contribution >= 0.6 is 0 Å². The Morgan fingerprint density at radius 1 is 1.58 bits per heavy atom. The summed E-state index contributed by atoms with van der Waals surface area (Å²) in [5.41, 5.74) is 5.42. The number of aromatic amines is 1. The minimum Gasteiger partial charge on any atom is -0.396 e. The summed E-state index contributed by atoms with van der Waals surface area (Å²) in [6.45, 7) is 0.487. The van der Waals surface area contributed by atoms with Gasteiger partial charge in [-0.1, -0.05) is 0 Å². The summed E-state index contributed by atoms with van der Waals surface area (Å²) < 4.78 is 1.70. The van der Waals surface area contributed by atoms with Gasteiger partial charge in [0.25, 0.3) is 5.56 Å². The van der Waals surface area contributed by atoms with Gasteiger partial charge >= 0.3 is 0 Å². The number of aliphatic hydroxyl groups is 2. The molecule has 3 rings (SSSR count). The average molecular weight is 265 g/mol. The first-order valence-corrected chi connectivity index (χ1v) is 6.02. The first-order chi connectivity index (χ1) is 9.09. The number of anilines is 1. The maximum absolute atomic E-state index is 11.6. The lowest BCUT2D eigenvalue weighted by atomic mass is 10.1. The van der Waals surface area contributed by atoms with Crippen LogP contribution in [0, 0.1) is 11.3 Å². The molecule has 0 unspecified atom stereocenters. The van der Waals surface area contributed by atoms with Crippen molar-refractivity contribution in [1.29, 1.82) is 0 Å². The summed E-state index contributed by atoms with van der Waals surface area (Å²) >= 11 is 0. The number of aliphatic hydroxyl groups excluding tert-OH is 2. The first-order valence-electron chi connectivity index (χ1n) is 6.02. The largest absolute Gasteiger partial charge is 0.396 e. The van der Waals surface area contributed by atoms with Crippen molar-refractivity contribution < 1.29 is 10.2 Å². The molecule has 0 amide bonds. The number of hydrogen-bond donors (Lipinski definition) is 4. The van der Waals surface area contributed by atoms with E-state index in [0.717, 1.165) is 6.42 Å². The molecule has 1 fully saturated rings. The van der Waals surface area contributed by atoms with Gasteiger partial charge < -0.3 is 20.5 Å². The molecule has 0 aliphatic heterocycles. The molecule has 2 heterocycles. The Morgan fingerprint density at radius 2 is 2.37 bits per heavy atom. The highest BCUT2D eigenvalue weighted by Gasteiger charge is 2.53. The van der Waals surface area contributed by atoms with Crippen LogP contribution in [0.1, 0.15) is 6.42 Å². The van der Waals surface area contributed by atoms with Gasteiger partial charge in [-0.25, -0.2) is 4.98 Å². The third-order valence-corrected chi connectivity index (χ3v) is 3.87. The molecular formula is C11H15N5O3. The molecule has 5 N–H and O–H groups in total. The Labute approximate surface area is 107 Å². The quantitative estimate of drug-likeness (QED) is 0.543. The molecule has 0 radical (unpaired) electrons. The smallest absolute Gasteiger partial charge is 0.280 e. The number of hydrogen-bond acceptors (Lipinski definition) is 6. The molecule has 1 aliphatic carbocycles. The number of H-pyrrole nitrogens is 1. The summed E-state index contributed by atoms with van der Waals surface area (Å²) in [7, 11) is 0. The number of nitrogen functional groups attached to an aromatic ring is 1. The Bertz CT molecular complexity index is 679. The Kier molecular flexibility index (Phi) is 2.58. The summed E-state index contributed by atoms with van der Waals surface area (Å²) in [6, 6.07) is 0. The maximum Gasteiger partial charge on any atom is 0.280 e. The lowest BCUT2D eigenvalue weighted by Crippen LogP contribution is -2.20. The van der Waals surface area contributed by atoms with Gasteiger partial charge in [-0.05, 0) is 12.3 Å². The molecule has 0 bridgehead atoms. The zero-order valence-corrected chi connectivity index (χ0v) is 10.2. The van der Waals surface area contributed by atoms with Crippen LogP contribution in [-0.4, -0.2) is 42.9 Å². The van der Waals surface area contributed by atoms with Crippen molar-refractivity contribution in [3.8, 4) is 0 Å². The molecule has 102 valence electrons. The van der Waals surface area contributed by atoms with E-state index in [-0.39, 0.29) is 41.6 Å². The van der Waals surface area contributed by atoms with Crippen LogP contribution in [0.4, 0.5) is 5.95 Å². The molecule has 19 heavy (non-hydrogen) atoms. The normalized spacial score (nSPS) is 25.9. The minimum absolute atomic E-state index is 0.0173. The average Bonchev–Trinajstić information content (AvgIpc) is 2.95. The van der Waals surface area contributed by atoms with Crippen molar-refractivity contribution >= 4 is 17.1 Å². The van der Waals surface area contributed by atoms with Crippen LogP contribution in [0.25, 0.3) is 11.2 Å². The van der Waals surface area contributed by atoms with Gasteiger partial charge in [-0.3, -0.25) is 9.78 Å². The molecule has 1 saturated carbocycles. The van der Waals surface area contributed by atoms with Crippen LogP contribution in [-0.2, 0) is 6.54 Å². The number of nitrogens with two attached hydrogens (primary N) is 1. The molecule has 1 aliphatic rings. The van der Waals surface area contributed by atoms with Gasteiger partial charge in [-0.15, -0.1) is 0 Å². The van der Waals surface area contributed by atoms with Crippen LogP contribution in [0.2, 0.25) is 0 Å². The van der Waals surface area contributed by atoms with E-state index >= 15 is 0 Å². The van der Waals surface area contributed by atoms with Crippen LogP contribution in [0.3, 0.4) is 0 Å². The zero-order chi connectivity index (χ0) is 13.6. The lowest BCUT2D eigenvalue weighted by molar-refractivity contribution is 0.158. The predicted octanol–water partition coefficient (Wildman–Crippen LogP) is -1.31. The van der Waals surface area contributed by atoms with Gasteiger partial charge in [0.05, 0.1) is 12.9 Å². The summed E-state index contributed by atoms with van der Waals surface area (Å²) in [4.78, 5) is 22.1. The third kappa shape index (κ3) is 1.80. The number of aromatic nitrogens is 4. The topological polar surface area (TPSA) is 130 Å². The van der Waals surface area contributed by atoms with Gasteiger partial charge in [0.15, 0.2) is 11.2 Å². The number of rotatable bonds is 4. The summed E-state index contributed by atoms with van der Waals surface area (Å²) in [6.07, 6.45) is 2.26. The van der Waals surface area contributed by atoms with E-state index in [1.807, 2.05) is 0 Å². The molecule has 2 atom stereocenters. The van der Waals surface area contributed by atoms with E-state index < -0.39 is 0 Å². The third-order valence-electron chi connectivity index (χ3n) is 3.87. The molecule has 8 nitrogen and oxygen atoms in total. The molecule has 0 aromatic carbocycles. The van der Waals surface area contributed by atoms with Gasteiger partial charge in [-0.2, -0.15) is 4.98 Å². The Balaban J connectivity index is 2.01. The van der Waals surface area contributed by atoms with Crippen molar-refractivity contribution in [1.82, 2.24) is 19.5 Å². The fourth-order valence-corrected chi connectivity index (χ4v) is 2.55. The van der Waals surface area contributed by atoms with Crippen molar-refractivity contribution in [3.63, 3.8) is 0 Å². The monoisotopic (exact) mass is 265 g/mol. The molecule has 0 spiro atoms. The zero-order valence-electron chi connectivity index (χ0n) is 10.2. The Hall–Kier alpha value is -1.93. The van der Waals surface area contributed by atoms with Crippen molar-refractivity contribution in [2.45, 2.75) is 13.0 Å². The number of nitrogens with one attached hydrogen (secondary N) is 1. The fourth-order valence-electron chi connectivity index (χ4n) is 2.55. The summed E-state index contributed by atoms with van der Waals surface area (Å²) in [5, 5.41) is 18.7. The van der Waals surface area contributed by atoms with Gasteiger partial charge in [0, 0.05) is 18.6 Å². The molecule has 2 aromatic heterocycles. The van der Waals surface area contributed by atoms with E-state index in [2.05, 4.69) is 15.0 Å². The van der Waals surface area contributed by atoms with E-state index in [9.17, 15) is 15.0 Å². The highest BCUT2D eigenvalue weighted by molar-refractivity contribution is 5.70. The maximum atomic E-state index is 11.6. The second kappa shape index (κ2) is 4.04. The van der Waals surface area contributed by atoms with Crippen LogP contribution < -0.4 is 11.3 Å². The molecule has 2 aromatic rings. The second-order valence-electron chi connectivity index (χ2n) is 5.10. The second-order valence-corrected chi connectivity index (χ2v) is 5.10. The molecular weight excluding hydrogens is 250 g/mol. The highest BCUT2D eigenvalue weighted by atomic mass is 16.3. The standard InChI is InChI=1S/C11H15N5O3/c12-10-14-8-7(9(19)15-10)13-5-16(8)3-11(4-18)1-6(11)2-17/h5-6,17-18H,1-4H2,(H3,12,14,15,19)/t6-,11+/m0/s1. The van der Waals surface area contributed by atoms with Crippen molar-refractivity contribution in [2.24, 2.45) is 11.3 Å². The van der Waals surface area contributed by atoms with Gasteiger partial charge in [0.2, 0.25) is 5.95 Å². The van der Waals surface area contributed by atoms with Crippen LogP contribution in [0.15, 0.2) is 11.1 Å². The fraction of sp³-hybridized carbons (Fsp3) is 0.545. The minimum atomic E-state index is -0.381. The van der Waals surface area contributed by atoms with Crippen molar-refractivity contribution in [2.75, 3.05) is 18.9 Å². The predicted molar refractivity (Wildman–Crippen MR) is 67.3 cm³/mol. The van der Waals surface area contributed by atoms with E-state index in [4.69, 9.17) is 5.73 Å². The first kappa shape index (κ1) is 12.1. The molecule has 8 heteroatoms. The number of fused-ring (bicyclic) bond motifs is 1. The van der Waals surface area contributed by atoms with E-state index in [1.165, 1.54) is 6.33 Å². The number of nitrogens with zero attached hydrogens (tertiary/aromatic N) is 3. The lowest BCUT2D eigenvalue weighted by Gasteiger charge is -2.14. The van der Waals surface area contributed by atoms with Crippen LogP contribution in [0.5, 0.6) is 0 Å². The Morgan fingerprint density at radius 3 is 3.00 bits per heavy atom. The van der Waals surface area contributed by atoms with E-state index in [0.29, 0.717) is 12.2 Å². The van der Waals surface area contributed by atoms with Gasteiger partial charge in [0.1, 0.15) is 0 Å². The highest BCUT2D eigenvalue weighted by Crippen LogP contribution is 2.53. The summed E-state index contributed by atoms with van der Waals surface area (Å²) in [5.74, 6) is 0.112. The molecule has 0 saturated heterocycles. The number of imidazole rings is 1. The van der Waals surface area contributed by atoms with Crippen molar-refractivity contribution in [3.05, 3.63) is 16.7 Å².